The van der Waals surface area contributed by atoms with Crippen LogP contribution in [-0.2, 0) is 0 Å². The fourth-order valence-electron chi connectivity index (χ4n) is 1.45. The Morgan fingerprint density at radius 1 is 1.31 bits per heavy atom. The zero-order chi connectivity index (χ0) is 11.4. The maximum Gasteiger partial charge on any atom is 0.156 e. The lowest BCUT2D eigenvalue weighted by molar-refractivity contribution is 0.415. The van der Waals surface area contributed by atoms with Crippen molar-refractivity contribution in [2.75, 3.05) is 18.7 Å². The molecule has 0 atom stereocenters. The van der Waals surface area contributed by atoms with Crippen LogP contribution in [0.3, 0.4) is 0 Å². The van der Waals surface area contributed by atoms with Crippen molar-refractivity contribution in [3.8, 4) is 11.2 Å². The first-order valence-corrected chi connectivity index (χ1v) is 5.52. The lowest BCUT2D eigenvalue weighted by atomic mass is 10.3. The number of ether oxygens (including phenoxy) is 1. The monoisotopic (exact) mass is 233 g/mol. The van der Waals surface area contributed by atoms with Crippen LogP contribution in [-0.4, -0.2) is 18.1 Å². The molecule has 0 amide bonds. The highest BCUT2D eigenvalue weighted by atomic mass is 32.2. The number of nitrogens with zero attached hydrogens (tertiary/aromatic N) is 3. The van der Waals surface area contributed by atoms with E-state index in [-0.39, 0.29) is 0 Å². The fourth-order valence-corrected chi connectivity index (χ4v) is 1.85. The highest BCUT2D eigenvalue weighted by molar-refractivity contribution is 8.01. The van der Waals surface area contributed by atoms with Crippen LogP contribution in [0, 0.1) is 10.7 Å². The molecule has 0 unspecified atom stereocenters. The summed E-state index contributed by atoms with van der Waals surface area (Å²) in [6.07, 6.45) is 3.84. The van der Waals surface area contributed by atoms with Gasteiger partial charge in [-0.05, 0) is 24.3 Å². The van der Waals surface area contributed by atoms with Crippen molar-refractivity contribution < 1.29 is 4.74 Å². The largest absolute Gasteiger partial charge is 0.497 e. The number of hydrogen-bond acceptors (Lipinski definition) is 5. The topological polar surface area (TPSA) is 39.5 Å². The van der Waals surface area contributed by atoms with Gasteiger partial charge >= 0.3 is 0 Å². The highest BCUT2D eigenvalue weighted by Gasteiger charge is 2.13. The van der Waals surface area contributed by atoms with E-state index in [1.807, 2.05) is 46.4 Å². The van der Waals surface area contributed by atoms with Crippen LogP contribution in [0.2, 0.25) is 0 Å². The van der Waals surface area contributed by atoms with Crippen LogP contribution in [0.4, 0.5) is 5.69 Å². The van der Waals surface area contributed by atoms with Gasteiger partial charge in [0.25, 0.3) is 0 Å². The van der Waals surface area contributed by atoms with Gasteiger partial charge in [-0.25, -0.2) is 0 Å². The van der Waals surface area contributed by atoms with Gasteiger partial charge in [0, 0.05) is 18.1 Å². The van der Waals surface area contributed by atoms with Crippen molar-refractivity contribution in [2.24, 2.45) is 0 Å². The predicted octanol–water partition coefficient (Wildman–Crippen LogP) is 2.38. The van der Waals surface area contributed by atoms with Crippen LogP contribution in [0.1, 0.15) is 0 Å². The van der Waals surface area contributed by atoms with Crippen molar-refractivity contribution in [1.82, 2.24) is 4.31 Å². The Kier molecular flexibility index (Phi) is 3.22. The first kappa shape index (κ1) is 10.7. The van der Waals surface area contributed by atoms with E-state index in [1.165, 1.54) is 0 Å². The molecule has 1 heterocycles. The highest BCUT2D eigenvalue weighted by Crippen LogP contribution is 2.24. The third kappa shape index (κ3) is 2.23. The van der Waals surface area contributed by atoms with Crippen molar-refractivity contribution in [1.29, 1.82) is 5.26 Å². The van der Waals surface area contributed by atoms with Crippen molar-refractivity contribution in [2.45, 2.75) is 0 Å². The summed E-state index contributed by atoms with van der Waals surface area (Å²) in [6, 6.07) is 7.82. The van der Waals surface area contributed by atoms with E-state index in [2.05, 4.69) is 4.90 Å². The minimum atomic E-state index is 0.685. The summed E-state index contributed by atoms with van der Waals surface area (Å²) < 4.78 is 6.96. The number of thiocyanates is 1. The molecule has 0 aromatic heterocycles. The summed E-state index contributed by atoms with van der Waals surface area (Å²) in [5.41, 5.74) is 1.08. The molecule has 4 nitrogen and oxygen atoms in total. The fraction of sp³-hybridized carbons (Fsp3) is 0.182. The van der Waals surface area contributed by atoms with Crippen LogP contribution in [0.5, 0.6) is 5.75 Å². The quantitative estimate of drug-likeness (QED) is 0.592. The summed E-state index contributed by atoms with van der Waals surface area (Å²) in [5, 5.41) is 10.6. The first-order chi connectivity index (χ1) is 7.83. The van der Waals surface area contributed by atoms with Gasteiger partial charge in [0.1, 0.15) is 12.4 Å². The summed E-state index contributed by atoms with van der Waals surface area (Å²) in [6.45, 7) is 0.685. The molecule has 5 heteroatoms. The van der Waals surface area contributed by atoms with Gasteiger partial charge in [0.05, 0.1) is 19.1 Å². The first-order valence-electron chi connectivity index (χ1n) is 4.75. The lowest BCUT2D eigenvalue weighted by Crippen LogP contribution is -2.19. The molecule has 16 heavy (non-hydrogen) atoms. The molecule has 2 rings (SSSR count). The van der Waals surface area contributed by atoms with Crippen molar-refractivity contribution in [3.63, 3.8) is 0 Å². The molecular weight excluding hydrogens is 222 g/mol. The molecule has 0 fully saturated rings. The molecule has 82 valence electrons. The van der Waals surface area contributed by atoms with Gasteiger partial charge in [0.2, 0.25) is 0 Å². The number of benzene rings is 1. The molecular formula is C11H11N3OS. The predicted molar refractivity (Wildman–Crippen MR) is 64.5 cm³/mol. The van der Waals surface area contributed by atoms with E-state index in [9.17, 15) is 0 Å². The summed E-state index contributed by atoms with van der Waals surface area (Å²) in [4.78, 5) is 2.06. The van der Waals surface area contributed by atoms with E-state index in [0.29, 0.717) is 6.67 Å². The zero-order valence-electron chi connectivity index (χ0n) is 8.83. The summed E-state index contributed by atoms with van der Waals surface area (Å²) in [5.74, 6) is 0.843. The minimum Gasteiger partial charge on any atom is -0.497 e. The Morgan fingerprint density at radius 2 is 2.06 bits per heavy atom. The second-order valence-corrected chi connectivity index (χ2v) is 4.04. The third-order valence-electron chi connectivity index (χ3n) is 2.27. The Labute approximate surface area is 98.8 Å². The van der Waals surface area contributed by atoms with Crippen LogP contribution >= 0.6 is 11.9 Å². The Bertz CT molecular complexity index is 424. The van der Waals surface area contributed by atoms with Gasteiger partial charge in [-0.3, -0.25) is 4.31 Å². The third-order valence-corrected chi connectivity index (χ3v) is 2.82. The Hall–Kier alpha value is -1.80. The smallest absolute Gasteiger partial charge is 0.156 e. The van der Waals surface area contributed by atoms with Gasteiger partial charge < -0.3 is 9.64 Å². The molecule has 0 bridgehead atoms. The van der Waals surface area contributed by atoms with Gasteiger partial charge in [-0.1, -0.05) is 0 Å². The zero-order valence-corrected chi connectivity index (χ0v) is 9.65. The lowest BCUT2D eigenvalue weighted by Gasteiger charge is -2.18. The average molecular weight is 233 g/mol. The normalized spacial score (nSPS) is 14.0. The summed E-state index contributed by atoms with van der Waals surface area (Å²) in [7, 11) is 1.65. The molecule has 1 aliphatic heterocycles. The SMILES string of the molecule is COc1ccc(N2C=CN(SC#N)C2)cc1. The second-order valence-electron chi connectivity index (χ2n) is 3.21. The van der Waals surface area contributed by atoms with Crippen LogP contribution in [0.25, 0.3) is 0 Å². The maximum absolute atomic E-state index is 8.55. The molecule has 0 aliphatic carbocycles. The molecule has 1 aromatic rings. The van der Waals surface area contributed by atoms with E-state index < -0.39 is 0 Å². The molecule has 1 aromatic carbocycles. The maximum atomic E-state index is 8.55. The number of rotatable bonds is 3. The Morgan fingerprint density at radius 3 is 2.69 bits per heavy atom. The van der Waals surface area contributed by atoms with Gasteiger partial charge in [-0.2, -0.15) is 5.26 Å². The number of anilines is 1. The van der Waals surface area contributed by atoms with E-state index in [4.69, 9.17) is 10.00 Å². The van der Waals surface area contributed by atoms with E-state index in [0.717, 1.165) is 23.4 Å². The van der Waals surface area contributed by atoms with Crippen LogP contribution in [0.15, 0.2) is 36.7 Å². The Balaban J connectivity index is 2.04. The van der Waals surface area contributed by atoms with Gasteiger partial charge in [-0.15, -0.1) is 0 Å². The van der Waals surface area contributed by atoms with Crippen molar-refractivity contribution >= 4 is 17.6 Å². The standard InChI is InChI=1S/C11H11N3OS/c1-15-11-4-2-10(3-5-11)13-6-7-14(9-13)16-8-12/h2-7H,9H2,1H3. The van der Waals surface area contributed by atoms with Gasteiger partial charge in [0.15, 0.2) is 5.40 Å². The average Bonchev–Trinajstić information content (AvgIpc) is 2.78. The molecule has 0 N–H and O–H groups in total. The molecule has 0 saturated carbocycles. The molecule has 1 aliphatic rings. The van der Waals surface area contributed by atoms with E-state index >= 15 is 0 Å². The summed E-state index contributed by atoms with van der Waals surface area (Å²) >= 11 is 1.13. The minimum absolute atomic E-state index is 0.685. The number of nitriles is 1. The number of hydrogen-bond donors (Lipinski definition) is 0. The number of methoxy groups -OCH3 is 1. The molecule has 0 spiro atoms. The molecule has 0 saturated heterocycles. The van der Waals surface area contributed by atoms with Crippen LogP contribution < -0.4 is 9.64 Å². The van der Waals surface area contributed by atoms with Crippen molar-refractivity contribution in [3.05, 3.63) is 36.7 Å². The second kappa shape index (κ2) is 4.81. The van der Waals surface area contributed by atoms with E-state index in [1.54, 1.807) is 7.11 Å². The molecule has 0 radical (unpaired) electrons.